The van der Waals surface area contributed by atoms with E-state index in [1.165, 1.54) is 10.8 Å². The molecule has 2 heterocycles. The molecular formula is C10H11BrN4O2. The third kappa shape index (κ3) is 2.38. The van der Waals surface area contributed by atoms with Crippen LogP contribution in [0.15, 0.2) is 32.8 Å². The van der Waals surface area contributed by atoms with Crippen molar-refractivity contribution >= 4 is 15.9 Å². The zero-order valence-corrected chi connectivity index (χ0v) is 10.8. The molecule has 0 fully saturated rings. The van der Waals surface area contributed by atoms with Gasteiger partial charge in [-0.2, -0.15) is 0 Å². The molecule has 0 aliphatic rings. The van der Waals surface area contributed by atoms with Crippen molar-refractivity contribution in [1.82, 2.24) is 19.1 Å². The number of H-pyrrole nitrogens is 1. The molecule has 90 valence electrons. The van der Waals surface area contributed by atoms with Crippen LogP contribution in [-0.4, -0.2) is 19.1 Å². The van der Waals surface area contributed by atoms with Crippen LogP contribution in [-0.2, 0) is 13.1 Å². The number of nitrogens with zero attached hydrogens (tertiary/aromatic N) is 3. The molecule has 7 heteroatoms. The number of aromatic nitrogens is 4. The lowest BCUT2D eigenvalue weighted by atomic mass is 10.4. The zero-order chi connectivity index (χ0) is 12.4. The van der Waals surface area contributed by atoms with Crippen LogP contribution in [0.4, 0.5) is 0 Å². The quantitative estimate of drug-likeness (QED) is 0.900. The number of aromatic amines is 1. The van der Waals surface area contributed by atoms with Crippen molar-refractivity contribution in [3.8, 4) is 0 Å². The summed E-state index contributed by atoms with van der Waals surface area (Å²) in [7, 11) is 0. The first-order chi connectivity index (χ1) is 8.11. The Hall–Kier alpha value is -1.63. The molecule has 0 unspecified atom stereocenters. The van der Waals surface area contributed by atoms with Crippen molar-refractivity contribution in [2.45, 2.75) is 20.0 Å². The van der Waals surface area contributed by atoms with E-state index >= 15 is 0 Å². The maximum absolute atomic E-state index is 11.6. The Balaban J connectivity index is 2.40. The van der Waals surface area contributed by atoms with Gasteiger partial charge in [-0.1, -0.05) is 0 Å². The number of rotatable bonds is 3. The van der Waals surface area contributed by atoms with Crippen LogP contribution in [0.1, 0.15) is 12.6 Å². The molecule has 0 amide bonds. The minimum atomic E-state index is -0.429. The molecule has 0 aromatic carbocycles. The smallest absolute Gasteiger partial charge is 0.328 e. The summed E-state index contributed by atoms with van der Waals surface area (Å²) in [4.78, 5) is 29.0. The van der Waals surface area contributed by atoms with Crippen LogP contribution < -0.4 is 11.2 Å². The summed E-state index contributed by atoms with van der Waals surface area (Å²) in [6.07, 6.45) is 4.89. The topological polar surface area (TPSA) is 72.7 Å². The summed E-state index contributed by atoms with van der Waals surface area (Å²) >= 11 is 3.09. The van der Waals surface area contributed by atoms with Crippen molar-refractivity contribution in [1.29, 1.82) is 0 Å². The van der Waals surface area contributed by atoms with Crippen molar-refractivity contribution in [3.63, 3.8) is 0 Å². The SMILES string of the molecule is CCn1cncc1Cn1cc(Br)c(=O)[nH]c1=O. The van der Waals surface area contributed by atoms with Crippen LogP contribution in [0.3, 0.4) is 0 Å². The summed E-state index contributed by atoms with van der Waals surface area (Å²) in [5, 5.41) is 0. The Morgan fingerprint density at radius 2 is 2.18 bits per heavy atom. The number of imidazole rings is 1. The highest BCUT2D eigenvalue weighted by molar-refractivity contribution is 9.10. The van der Waals surface area contributed by atoms with Gasteiger partial charge in [0.15, 0.2) is 0 Å². The summed E-state index contributed by atoms with van der Waals surface area (Å²) < 4.78 is 3.69. The standard InChI is InChI=1S/C10H11BrN4O2/c1-2-14-6-12-3-7(14)4-15-5-8(11)9(16)13-10(15)17/h3,5-6H,2,4H2,1H3,(H,13,16,17). The first kappa shape index (κ1) is 11.8. The van der Waals surface area contributed by atoms with E-state index in [0.717, 1.165) is 12.2 Å². The van der Waals surface area contributed by atoms with Gasteiger partial charge < -0.3 is 4.57 Å². The highest BCUT2D eigenvalue weighted by Gasteiger charge is 2.05. The molecule has 17 heavy (non-hydrogen) atoms. The second-order valence-electron chi connectivity index (χ2n) is 3.54. The molecule has 6 nitrogen and oxygen atoms in total. The predicted octanol–water partition coefficient (Wildman–Crippen LogP) is 0.564. The molecule has 0 saturated carbocycles. The molecule has 0 atom stereocenters. The fourth-order valence-corrected chi connectivity index (χ4v) is 1.89. The predicted molar refractivity (Wildman–Crippen MR) is 66.0 cm³/mol. The fourth-order valence-electron chi connectivity index (χ4n) is 1.54. The fraction of sp³-hybridized carbons (Fsp3) is 0.300. The van der Waals surface area contributed by atoms with Gasteiger partial charge in [0.25, 0.3) is 5.56 Å². The summed E-state index contributed by atoms with van der Waals surface area (Å²) in [6.45, 7) is 3.16. The Kier molecular flexibility index (Phi) is 3.28. The molecule has 1 N–H and O–H groups in total. The monoisotopic (exact) mass is 298 g/mol. The number of nitrogens with one attached hydrogen (secondary N) is 1. The first-order valence-electron chi connectivity index (χ1n) is 5.10. The van der Waals surface area contributed by atoms with Crippen molar-refractivity contribution < 1.29 is 0 Å². The van der Waals surface area contributed by atoms with Crippen LogP contribution >= 0.6 is 15.9 Å². The number of hydrogen-bond acceptors (Lipinski definition) is 3. The van der Waals surface area contributed by atoms with Gasteiger partial charge in [0.05, 0.1) is 23.0 Å². The minimum Gasteiger partial charge on any atom is -0.333 e. The lowest BCUT2D eigenvalue weighted by Gasteiger charge is -2.07. The van der Waals surface area contributed by atoms with Gasteiger partial charge in [0, 0.05) is 18.9 Å². The minimum absolute atomic E-state index is 0.333. The van der Waals surface area contributed by atoms with Crippen molar-refractivity contribution in [2.75, 3.05) is 0 Å². The molecule has 0 aliphatic carbocycles. The van der Waals surface area contributed by atoms with Crippen LogP contribution in [0.25, 0.3) is 0 Å². The molecule has 2 rings (SSSR count). The maximum atomic E-state index is 11.6. The largest absolute Gasteiger partial charge is 0.333 e. The second-order valence-corrected chi connectivity index (χ2v) is 4.39. The van der Waals surface area contributed by atoms with Crippen molar-refractivity contribution in [2.24, 2.45) is 0 Å². The third-order valence-electron chi connectivity index (χ3n) is 2.44. The second kappa shape index (κ2) is 4.70. The highest BCUT2D eigenvalue weighted by Crippen LogP contribution is 2.03. The Bertz CT molecular complexity index is 640. The highest BCUT2D eigenvalue weighted by atomic mass is 79.9. The average Bonchev–Trinajstić information content (AvgIpc) is 2.73. The molecule has 0 bridgehead atoms. The van der Waals surface area contributed by atoms with Gasteiger partial charge in [-0.3, -0.25) is 14.3 Å². The van der Waals surface area contributed by atoms with Gasteiger partial charge in [-0.25, -0.2) is 9.78 Å². The molecule has 0 radical (unpaired) electrons. The van der Waals surface area contributed by atoms with Crippen molar-refractivity contribution in [3.05, 3.63) is 49.7 Å². The first-order valence-corrected chi connectivity index (χ1v) is 5.89. The number of halogens is 1. The van der Waals surface area contributed by atoms with Crippen LogP contribution in [0, 0.1) is 0 Å². The Morgan fingerprint density at radius 1 is 1.41 bits per heavy atom. The van der Waals surface area contributed by atoms with Gasteiger partial charge in [-0.15, -0.1) is 0 Å². The molecule has 2 aromatic rings. The van der Waals surface area contributed by atoms with E-state index in [-0.39, 0.29) is 0 Å². The van der Waals surface area contributed by atoms with Gasteiger partial charge >= 0.3 is 5.69 Å². The van der Waals surface area contributed by atoms with Gasteiger partial charge in [-0.05, 0) is 22.9 Å². The lowest BCUT2D eigenvalue weighted by Crippen LogP contribution is -2.30. The van der Waals surface area contributed by atoms with Crippen LogP contribution in [0.2, 0.25) is 0 Å². The molecule has 2 aromatic heterocycles. The van der Waals surface area contributed by atoms with E-state index in [2.05, 4.69) is 25.9 Å². The van der Waals surface area contributed by atoms with Gasteiger partial charge in [0.2, 0.25) is 0 Å². The van der Waals surface area contributed by atoms with E-state index in [4.69, 9.17) is 0 Å². The van der Waals surface area contributed by atoms with Gasteiger partial charge in [0.1, 0.15) is 0 Å². The van der Waals surface area contributed by atoms with E-state index in [1.807, 2.05) is 11.5 Å². The maximum Gasteiger partial charge on any atom is 0.328 e. The van der Waals surface area contributed by atoms with E-state index in [1.54, 1.807) is 12.5 Å². The van der Waals surface area contributed by atoms with E-state index in [9.17, 15) is 9.59 Å². The van der Waals surface area contributed by atoms with E-state index in [0.29, 0.717) is 11.0 Å². The Labute approximate surface area is 105 Å². The summed E-state index contributed by atoms with van der Waals surface area (Å²) in [5.74, 6) is 0. The zero-order valence-electron chi connectivity index (χ0n) is 9.18. The lowest BCUT2D eigenvalue weighted by molar-refractivity contribution is 0.641. The molecular weight excluding hydrogens is 288 g/mol. The molecule has 0 saturated heterocycles. The van der Waals surface area contributed by atoms with E-state index < -0.39 is 11.2 Å². The number of hydrogen-bond donors (Lipinski definition) is 1. The normalized spacial score (nSPS) is 10.7. The van der Waals surface area contributed by atoms with Crippen LogP contribution in [0.5, 0.6) is 0 Å². The Morgan fingerprint density at radius 3 is 2.88 bits per heavy atom. The molecule has 0 aliphatic heterocycles. The molecule has 0 spiro atoms. The third-order valence-corrected chi connectivity index (χ3v) is 3.00. The summed E-state index contributed by atoms with van der Waals surface area (Å²) in [6, 6.07) is 0. The average molecular weight is 299 g/mol. The number of aryl methyl sites for hydroxylation is 1. The summed E-state index contributed by atoms with van der Waals surface area (Å²) in [5.41, 5.74) is 0.0610.